The molecule has 1 saturated heterocycles. The number of aromatic nitrogens is 1. The highest BCUT2D eigenvalue weighted by Gasteiger charge is 2.44. The summed E-state index contributed by atoms with van der Waals surface area (Å²) in [5.74, 6) is -1.64. The monoisotopic (exact) mass is 856 g/mol. The van der Waals surface area contributed by atoms with Crippen molar-refractivity contribution >= 4 is 62.9 Å². The van der Waals surface area contributed by atoms with Crippen molar-refractivity contribution in [2.45, 2.75) is 91.5 Å². The lowest BCUT2D eigenvalue weighted by atomic mass is 9.85. The van der Waals surface area contributed by atoms with Gasteiger partial charge in [0.2, 0.25) is 23.6 Å². The Kier molecular flexibility index (Phi) is 15.1. The molecule has 1 aromatic heterocycles. The Morgan fingerprint density at radius 2 is 1.65 bits per heavy atom. The molecule has 62 heavy (non-hydrogen) atoms. The third-order valence-corrected chi connectivity index (χ3v) is 11.9. The van der Waals surface area contributed by atoms with Crippen molar-refractivity contribution in [3.63, 3.8) is 0 Å². The maximum absolute atomic E-state index is 14.0. The smallest absolute Gasteiger partial charge is 0.251 e. The van der Waals surface area contributed by atoms with Crippen LogP contribution in [0.3, 0.4) is 0 Å². The number of likely N-dealkylation sites (tertiary alicyclic amines) is 1. The van der Waals surface area contributed by atoms with Crippen LogP contribution in [0.5, 0.6) is 0 Å². The Morgan fingerprint density at radius 3 is 2.37 bits per heavy atom. The summed E-state index contributed by atoms with van der Waals surface area (Å²) in [6.45, 7) is 10.0. The van der Waals surface area contributed by atoms with E-state index in [1.165, 1.54) is 4.90 Å². The van der Waals surface area contributed by atoms with Gasteiger partial charge < -0.3 is 31.3 Å². The molecule has 1 aliphatic heterocycles. The number of benzene rings is 4. The minimum absolute atomic E-state index is 0.00424. The van der Waals surface area contributed by atoms with Crippen LogP contribution in [0.4, 0.5) is 5.69 Å². The third kappa shape index (κ3) is 12.2. The molecule has 0 radical (unpaired) electrons. The number of carbonyl (C=O) groups is 5. The van der Waals surface area contributed by atoms with Crippen LogP contribution in [0.1, 0.15) is 87.0 Å². The lowest BCUT2D eigenvalue weighted by Crippen LogP contribution is -2.57. The molecule has 1 fully saturated rings. The van der Waals surface area contributed by atoms with Crippen LogP contribution in [0.15, 0.2) is 102 Å². The predicted octanol–water partition coefficient (Wildman–Crippen LogP) is 7.41. The fourth-order valence-electron chi connectivity index (χ4n) is 7.43. The molecule has 13 heteroatoms. The lowest BCUT2D eigenvalue weighted by Gasteiger charge is -2.35. The number of carbonyl (C=O) groups excluding carboxylic acids is 5. The topological polar surface area (TPSA) is 170 Å². The molecule has 5 N–H and O–H groups in total. The summed E-state index contributed by atoms with van der Waals surface area (Å²) in [5.41, 5.74) is 4.85. The summed E-state index contributed by atoms with van der Waals surface area (Å²) in [4.78, 5) is 72.3. The van der Waals surface area contributed by atoms with Gasteiger partial charge in [-0.3, -0.25) is 24.0 Å². The summed E-state index contributed by atoms with van der Waals surface area (Å²) in [7, 11) is 0. The zero-order valence-electron chi connectivity index (χ0n) is 36.0. The molecule has 5 aromatic rings. The predicted molar refractivity (Wildman–Crippen MR) is 245 cm³/mol. The average Bonchev–Trinajstić information content (AvgIpc) is 3.87. The van der Waals surface area contributed by atoms with Gasteiger partial charge in [0.05, 0.1) is 6.10 Å². The van der Waals surface area contributed by atoms with Crippen molar-refractivity contribution in [3.05, 3.63) is 125 Å². The van der Waals surface area contributed by atoms with E-state index < -0.39 is 29.5 Å². The molecular formula is C49H56N6O6S. The number of unbranched alkanes of at least 4 members (excludes halogenated alkanes) is 2. The number of hydrogen-bond acceptors (Lipinski definition) is 8. The number of anilines is 1. The third-order valence-electron chi connectivity index (χ3n) is 10.9. The van der Waals surface area contributed by atoms with Crippen LogP contribution in [0.2, 0.25) is 0 Å². The van der Waals surface area contributed by atoms with Gasteiger partial charge in [-0.1, -0.05) is 93.9 Å². The highest BCUT2D eigenvalue weighted by molar-refractivity contribution is 7.13. The number of rotatable bonds is 16. The first-order chi connectivity index (χ1) is 29.6. The van der Waals surface area contributed by atoms with E-state index in [4.69, 9.17) is 0 Å². The van der Waals surface area contributed by atoms with Crippen LogP contribution in [-0.2, 0) is 25.7 Å². The molecule has 0 unspecified atom stereocenters. The lowest BCUT2D eigenvalue weighted by molar-refractivity contribution is -0.144. The van der Waals surface area contributed by atoms with E-state index in [0.717, 1.165) is 43.7 Å². The molecule has 0 saturated carbocycles. The first kappa shape index (κ1) is 45.3. The number of hydrogen-bond donors (Lipinski definition) is 5. The number of thiazole rings is 1. The summed E-state index contributed by atoms with van der Waals surface area (Å²) in [5, 5.41) is 27.3. The number of nitrogens with one attached hydrogen (secondary N) is 4. The number of allylic oxidation sites excluding steroid dienone is 1. The van der Waals surface area contributed by atoms with Crippen molar-refractivity contribution in [3.8, 4) is 10.6 Å². The zero-order chi connectivity index (χ0) is 44.4. The quantitative estimate of drug-likeness (QED) is 0.0509. The van der Waals surface area contributed by atoms with Gasteiger partial charge in [0.15, 0.2) is 0 Å². The number of fused-ring (bicyclic) bond motifs is 1. The first-order valence-electron chi connectivity index (χ1n) is 21.1. The molecule has 324 valence electrons. The van der Waals surface area contributed by atoms with Gasteiger partial charge in [-0.25, -0.2) is 4.98 Å². The second-order valence-electron chi connectivity index (χ2n) is 17.0. The Morgan fingerprint density at radius 1 is 0.887 bits per heavy atom. The second-order valence-corrected chi connectivity index (χ2v) is 17.9. The maximum Gasteiger partial charge on any atom is 0.251 e. The molecule has 5 amide bonds. The van der Waals surface area contributed by atoms with Crippen molar-refractivity contribution in [2.75, 3.05) is 18.4 Å². The van der Waals surface area contributed by atoms with Crippen LogP contribution in [0, 0.1) is 12.3 Å². The van der Waals surface area contributed by atoms with Crippen LogP contribution in [0.25, 0.3) is 26.9 Å². The van der Waals surface area contributed by atoms with Crippen molar-refractivity contribution in [2.24, 2.45) is 5.41 Å². The molecule has 1 aliphatic rings. The molecule has 2 heterocycles. The van der Waals surface area contributed by atoms with Gasteiger partial charge >= 0.3 is 0 Å². The highest BCUT2D eigenvalue weighted by Crippen LogP contribution is 2.28. The van der Waals surface area contributed by atoms with E-state index in [2.05, 4.69) is 32.3 Å². The van der Waals surface area contributed by atoms with Gasteiger partial charge in [-0.2, -0.15) is 0 Å². The Labute approximate surface area is 367 Å². The summed E-state index contributed by atoms with van der Waals surface area (Å²) in [6, 6.07) is 26.9. The van der Waals surface area contributed by atoms with E-state index in [0.29, 0.717) is 37.1 Å². The molecule has 0 spiro atoms. The number of aryl methyl sites for hydroxylation is 1. The van der Waals surface area contributed by atoms with Crippen molar-refractivity contribution < 1.29 is 29.1 Å². The van der Waals surface area contributed by atoms with E-state index in [1.54, 1.807) is 41.7 Å². The number of amides is 5. The number of aliphatic hydroxyl groups is 1. The van der Waals surface area contributed by atoms with Crippen molar-refractivity contribution in [1.29, 1.82) is 0 Å². The van der Waals surface area contributed by atoms with E-state index in [1.807, 2.05) is 101 Å². The first-order valence-corrected chi connectivity index (χ1v) is 22.0. The molecular weight excluding hydrogens is 801 g/mol. The van der Waals surface area contributed by atoms with Gasteiger partial charge in [0.1, 0.15) is 17.1 Å². The highest BCUT2D eigenvalue weighted by atomic mass is 32.1. The largest absolute Gasteiger partial charge is 0.391 e. The van der Waals surface area contributed by atoms with Gasteiger partial charge in [0.25, 0.3) is 5.91 Å². The Bertz CT molecular complexity index is 2440. The normalized spacial score (nSPS) is 15.8. The van der Waals surface area contributed by atoms with E-state index in [-0.39, 0.29) is 49.6 Å². The molecule has 4 aromatic carbocycles. The minimum atomic E-state index is -0.915. The molecule has 0 bridgehead atoms. The number of β-amino-alcohol motifs (C(OH)–C–C–N with tert-alkyl or cyclic N) is 1. The summed E-state index contributed by atoms with van der Waals surface area (Å²) >= 11 is 1.57. The molecule has 3 atom stereocenters. The van der Waals surface area contributed by atoms with E-state index >= 15 is 0 Å². The SMILES string of the molecule is C/C(=C\C(=O)Nc1cccc(C(=O)NCCCCCC(=O)N[C@H](C(=O)N2C[C@H](O)C[C@@H]2C(=O)NCc2ccc(-c3nc(C)cs3)cc2)C(C)(C)C)c1)c1ccc2ccccc2c1. The van der Waals surface area contributed by atoms with Crippen LogP contribution < -0.4 is 21.3 Å². The van der Waals surface area contributed by atoms with Crippen molar-refractivity contribution in [1.82, 2.24) is 25.8 Å². The van der Waals surface area contributed by atoms with Gasteiger partial charge in [-0.15, -0.1) is 11.3 Å². The zero-order valence-corrected chi connectivity index (χ0v) is 36.8. The Balaban J connectivity index is 0.923. The van der Waals surface area contributed by atoms with Gasteiger partial charge in [-0.05, 0) is 83.8 Å². The number of nitrogens with zero attached hydrogens (tertiary/aromatic N) is 2. The summed E-state index contributed by atoms with van der Waals surface area (Å²) < 4.78 is 0. The number of aliphatic hydroxyl groups excluding tert-OH is 1. The maximum atomic E-state index is 14.0. The standard InChI is InChI=1S/C49H56N6O6S/c1-31(36-22-21-34-12-8-9-13-37(34)25-36)24-43(58)53-39-15-11-14-38(26-39)45(59)50-23-10-6-7-16-42(57)54-44(49(3,4)5)48(61)55-29-40(56)27-41(55)46(60)51-28-33-17-19-35(20-18-33)47-52-32(2)30-62-47/h8-9,11-15,17-22,24-26,30,40-41,44,56H,6-7,10,16,23,27-29H2,1-5H3,(H,50,59)(H,51,60)(H,53,58)(H,54,57)/b31-24+/t40-,41-,44-/m1/s1. The second kappa shape index (κ2) is 20.6. The fourth-order valence-corrected chi connectivity index (χ4v) is 8.24. The van der Waals surface area contributed by atoms with E-state index in [9.17, 15) is 29.1 Å². The van der Waals surface area contributed by atoms with Crippen LogP contribution >= 0.6 is 11.3 Å². The minimum Gasteiger partial charge on any atom is -0.391 e. The van der Waals surface area contributed by atoms with Crippen LogP contribution in [-0.4, -0.2) is 75.8 Å². The Hall–Kier alpha value is -6.18. The summed E-state index contributed by atoms with van der Waals surface area (Å²) in [6.07, 6.45) is 2.80. The van der Waals surface area contributed by atoms with Gasteiger partial charge in [0, 0.05) is 66.4 Å². The molecule has 0 aliphatic carbocycles. The fraction of sp³-hybridized carbons (Fsp3) is 0.347. The molecule has 6 rings (SSSR count). The average molecular weight is 857 g/mol. The molecule has 12 nitrogen and oxygen atoms in total.